The van der Waals surface area contributed by atoms with Crippen LogP contribution in [0.25, 0.3) is 0 Å². The van der Waals surface area contributed by atoms with E-state index < -0.39 is 0 Å². The van der Waals surface area contributed by atoms with E-state index in [-0.39, 0.29) is 5.91 Å². The molecule has 0 N–H and O–H groups in total. The summed E-state index contributed by atoms with van der Waals surface area (Å²) in [5, 5.41) is 0.593. The first-order chi connectivity index (χ1) is 14.6. The highest BCUT2D eigenvalue weighted by atomic mass is 35.5. The molecule has 3 aliphatic rings. The smallest absolute Gasteiger partial charge is 0.231 e. The van der Waals surface area contributed by atoms with Gasteiger partial charge >= 0.3 is 0 Å². The maximum Gasteiger partial charge on any atom is 0.231 e. The number of anilines is 2. The van der Waals surface area contributed by atoms with E-state index >= 15 is 0 Å². The van der Waals surface area contributed by atoms with Gasteiger partial charge in [0.2, 0.25) is 11.9 Å². The Morgan fingerprint density at radius 3 is 2.70 bits per heavy atom. The number of piperidine rings is 1. The number of hydrogen-bond donors (Lipinski definition) is 0. The molecule has 6 heteroatoms. The molecule has 1 amide bonds. The minimum Gasteiger partial charge on any atom is -0.341 e. The second-order valence-electron chi connectivity index (χ2n) is 9.17. The quantitative estimate of drug-likeness (QED) is 0.683. The highest BCUT2D eigenvalue weighted by Gasteiger charge is 2.43. The lowest BCUT2D eigenvalue weighted by atomic mass is 9.90. The molecule has 1 saturated heterocycles. The van der Waals surface area contributed by atoms with E-state index in [1.807, 2.05) is 7.05 Å². The molecule has 1 aromatic carbocycles. The summed E-state index contributed by atoms with van der Waals surface area (Å²) in [5.41, 5.74) is 3.66. The molecule has 0 unspecified atom stereocenters. The maximum atomic E-state index is 11.9. The molecule has 158 valence electrons. The molecule has 2 aliphatic heterocycles. The highest BCUT2D eigenvalue weighted by molar-refractivity contribution is 6.30. The number of rotatable bonds is 6. The molecule has 1 saturated carbocycles. The van der Waals surface area contributed by atoms with E-state index in [9.17, 15) is 4.79 Å². The number of aromatic nitrogens is 2. The van der Waals surface area contributed by atoms with E-state index in [4.69, 9.17) is 11.6 Å². The molecular formula is C24H29ClN4O. The van der Waals surface area contributed by atoms with E-state index in [0.29, 0.717) is 11.4 Å². The van der Waals surface area contributed by atoms with Crippen molar-refractivity contribution in [2.24, 2.45) is 17.8 Å². The molecule has 2 aromatic rings. The van der Waals surface area contributed by atoms with Crippen molar-refractivity contribution in [2.45, 2.75) is 44.9 Å². The molecule has 5 nitrogen and oxygen atoms in total. The molecule has 0 radical (unpaired) electrons. The van der Waals surface area contributed by atoms with Crippen molar-refractivity contribution in [1.29, 1.82) is 0 Å². The summed E-state index contributed by atoms with van der Waals surface area (Å²) >= 11 is 5.90. The van der Waals surface area contributed by atoms with Gasteiger partial charge in [-0.15, -0.1) is 0 Å². The fourth-order valence-corrected chi connectivity index (χ4v) is 5.52. The summed E-state index contributed by atoms with van der Waals surface area (Å²) in [6.07, 6.45) is 11.5. The number of fused-ring (bicyclic) bond motifs is 1. The van der Waals surface area contributed by atoms with Crippen LogP contribution in [0.15, 0.2) is 30.6 Å². The summed E-state index contributed by atoms with van der Waals surface area (Å²) in [6, 6.07) is 6.57. The number of carbonyl (C=O) groups is 1. The number of benzene rings is 1. The topological polar surface area (TPSA) is 49.3 Å². The number of nitrogens with zero attached hydrogens (tertiary/aromatic N) is 4. The van der Waals surface area contributed by atoms with Crippen LogP contribution in [-0.2, 0) is 17.6 Å². The van der Waals surface area contributed by atoms with Crippen LogP contribution in [0.5, 0.6) is 0 Å². The van der Waals surface area contributed by atoms with Crippen LogP contribution in [0.3, 0.4) is 0 Å². The predicted octanol–water partition coefficient (Wildman–Crippen LogP) is 4.52. The van der Waals surface area contributed by atoms with Gasteiger partial charge in [0.25, 0.3) is 0 Å². The lowest BCUT2D eigenvalue weighted by molar-refractivity contribution is -0.117. The lowest BCUT2D eigenvalue weighted by Crippen LogP contribution is -2.35. The number of aryl methyl sites for hydroxylation is 1. The molecule has 2 atom stereocenters. The van der Waals surface area contributed by atoms with E-state index in [2.05, 4.69) is 33.1 Å². The van der Waals surface area contributed by atoms with Gasteiger partial charge in [0.15, 0.2) is 0 Å². The van der Waals surface area contributed by atoms with Crippen molar-refractivity contribution in [3.63, 3.8) is 0 Å². The number of carbonyl (C=O) groups excluding carboxylic acids is 1. The van der Waals surface area contributed by atoms with Crippen molar-refractivity contribution < 1.29 is 4.79 Å². The Labute approximate surface area is 183 Å². The first-order valence-corrected chi connectivity index (χ1v) is 11.6. The van der Waals surface area contributed by atoms with Crippen LogP contribution in [0.4, 0.5) is 11.6 Å². The molecule has 30 heavy (non-hydrogen) atoms. The zero-order valence-electron chi connectivity index (χ0n) is 17.6. The standard InChI is InChI=1S/C24H29ClN4O/c1-28-22-6-5-16(11-19(22)13-23(28)30)3-2-4-18-12-21(18)17-7-9-29(10-8-17)24-26-14-20(25)15-27-24/h5-6,11,14-15,17-18,21H,2-4,7-10,12-13H2,1H3/t18-,21-/m1/s1. The molecular weight excluding hydrogens is 396 g/mol. The van der Waals surface area contributed by atoms with Crippen LogP contribution in [0.1, 0.15) is 43.2 Å². The molecule has 5 rings (SSSR count). The van der Waals surface area contributed by atoms with Gasteiger partial charge < -0.3 is 9.80 Å². The van der Waals surface area contributed by atoms with E-state index in [1.54, 1.807) is 17.3 Å². The van der Waals surface area contributed by atoms with Crippen molar-refractivity contribution >= 4 is 29.1 Å². The van der Waals surface area contributed by atoms with E-state index in [1.165, 1.54) is 43.2 Å². The summed E-state index contributed by atoms with van der Waals surface area (Å²) in [4.78, 5) is 24.7. The molecule has 0 spiro atoms. The third-order valence-corrected chi connectivity index (χ3v) is 7.47. The van der Waals surface area contributed by atoms with Crippen LogP contribution in [-0.4, -0.2) is 36.0 Å². The average Bonchev–Trinajstić information content (AvgIpc) is 3.47. The third kappa shape index (κ3) is 4.04. The van der Waals surface area contributed by atoms with Gasteiger partial charge in [-0.25, -0.2) is 9.97 Å². The minimum atomic E-state index is 0.205. The Bertz CT molecular complexity index is 923. The number of halogens is 1. The van der Waals surface area contributed by atoms with Gasteiger partial charge in [0.1, 0.15) is 0 Å². The monoisotopic (exact) mass is 424 g/mol. The maximum absolute atomic E-state index is 11.9. The minimum absolute atomic E-state index is 0.205. The molecule has 1 aliphatic carbocycles. The lowest BCUT2D eigenvalue weighted by Gasteiger charge is -2.32. The zero-order chi connectivity index (χ0) is 20.7. The van der Waals surface area contributed by atoms with Crippen LogP contribution >= 0.6 is 11.6 Å². The SMILES string of the molecule is CN1C(=O)Cc2cc(CCC[C@@H]3C[C@@H]3C3CCN(c4ncc(Cl)cn4)CC3)ccc21. The van der Waals surface area contributed by atoms with Gasteiger partial charge in [-0.3, -0.25) is 4.79 Å². The molecule has 1 aromatic heterocycles. The van der Waals surface area contributed by atoms with Gasteiger partial charge in [-0.05, 0) is 73.5 Å². The van der Waals surface area contributed by atoms with Crippen molar-refractivity contribution in [2.75, 3.05) is 29.9 Å². The summed E-state index contributed by atoms with van der Waals surface area (Å²) < 4.78 is 0. The number of likely N-dealkylation sites (N-methyl/N-ethyl adjacent to an activating group) is 1. The third-order valence-electron chi connectivity index (χ3n) is 7.27. The summed E-state index contributed by atoms with van der Waals surface area (Å²) in [7, 11) is 1.87. The van der Waals surface area contributed by atoms with Gasteiger partial charge in [-0.1, -0.05) is 23.7 Å². The number of amides is 1. The fourth-order valence-electron chi connectivity index (χ4n) is 5.42. The van der Waals surface area contributed by atoms with Crippen LogP contribution in [0.2, 0.25) is 5.02 Å². The van der Waals surface area contributed by atoms with Crippen molar-refractivity contribution in [3.05, 3.63) is 46.7 Å². The Morgan fingerprint density at radius 1 is 1.17 bits per heavy atom. The Morgan fingerprint density at radius 2 is 1.93 bits per heavy atom. The summed E-state index contributed by atoms with van der Waals surface area (Å²) in [5.74, 6) is 3.71. The summed E-state index contributed by atoms with van der Waals surface area (Å²) in [6.45, 7) is 2.11. The second-order valence-corrected chi connectivity index (χ2v) is 9.61. The Balaban J connectivity index is 1.05. The van der Waals surface area contributed by atoms with Crippen LogP contribution in [0, 0.1) is 17.8 Å². The molecule has 2 fully saturated rings. The molecule has 0 bridgehead atoms. The average molecular weight is 425 g/mol. The first-order valence-electron chi connectivity index (χ1n) is 11.2. The predicted molar refractivity (Wildman–Crippen MR) is 120 cm³/mol. The Hall–Kier alpha value is -2.14. The number of hydrogen-bond acceptors (Lipinski definition) is 4. The Kier molecular flexibility index (Phi) is 5.40. The van der Waals surface area contributed by atoms with Gasteiger partial charge in [-0.2, -0.15) is 0 Å². The van der Waals surface area contributed by atoms with E-state index in [0.717, 1.165) is 48.9 Å². The normalized spacial score (nSPS) is 23.7. The fraction of sp³-hybridized carbons (Fsp3) is 0.542. The second kappa shape index (κ2) is 8.18. The van der Waals surface area contributed by atoms with Gasteiger partial charge in [0.05, 0.1) is 23.8 Å². The van der Waals surface area contributed by atoms with Crippen molar-refractivity contribution in [1.82, 2.24) is 9.97 Å². The zero-order valence-corrected chi connectivity index (χ0v) is 18.3. The van der Waals surface area contributed by atoms with Crippen LogP contribution < -0.4 is 9.80 Å². The largest absolute Gasteiger partial charge is 0.341 e. The van der Waals surface area contributed by atoms with Crippen molar-refractivity contribution in [3.8, 4) is 0 Å². The van der Waals surface area contributed by atoms with Gasteiger partial charge in [0, 0.05) is 25.8 Å². The first kappa shape index (κ1) is 19.8. The molecule has 3 heterocycles. The highest BCUT2D eigenvalue weighted by Crippen LogP contribution is 2.50.